The predicted octanol–water partition coefficient (Wildman–Crippen LogP) is 4.79. The largest absolute Gasteiger partial charge is 0.379 e. The van der Waals surface area contributed by atoms with Gasteiger partial charge in [0.15, 0.2) is 0 Å². The van der Waals surface area contributed by atoms with Gasteiger partial charge in [-0.25, -0.2) is 9.18 Å². The summed E-state index contributed by atoms with van der Waals surface area (Å²) < 4.78 is 43.2. The highest BCUT2D eigenvalue weighted by molar-refractivity contribution is 7.87. The molecule has 0 unspecified atom stereocenters. The number of hydrogen-bond donors (Lipinski definition) is 1. The van der Waals surface area contributed by atoms with Crippen LogP contribution in [-0.4, -0.2) is 25.4 Å². The van der Waals surface area contributed by atoms with E-state index in [2.05, 4.69) is 5.32 Å². The van der Waals surface area contributed by atoms with Crippen molar-refractivity contribution in [2.24, 2.45) is 0 Å². The Morgan fingerprint density at radius 2 is 1.71 bits per heavy atom. The van der Waals surface area contributed by atoms with Gasteiger partial charge in [0.25, 0.3) is 0 Å². The molecule has 160 valence electrons. The first kappa shape index (κ1) is 20.9. The van der Waals surface area contributed by atoms with E-state index in [4.69, 9.17) is 4.18 Å². The number of halogens is 1. The minimum Gasteiger partial charge on any atom is -0.379 e. The van der Waals surface area contributed by atoms with Crippen molar-refractivity contribution in [2.45, 2.75) is 30.3 Å². The quantitative estimate of drug-likeness (QED) is 0.536. The average Bonchev–Trinajstić information content (AvgIpc) is 3.58. The lowest BCUT2D eigenvalue weighted by Gasteiger charge is -2.23. The van der Waals surface area contributed by atoms with Crippen LogP contribution in [0.25, 0.3) is 0 Å². The molecule has 0 heterocycles. The molecule has 1 N–H and O–H groups in total. The molecule has 2 amide bonds. The Bertz CT molecular complexity index is 1160. The van der Waals surface area contributed by atoms with E-state index >= 15 is 0 Å². The van der Waals surface area contributed by atoms with E-state index in [0.29, 0.717) is 12.2 Å². The Hall–Kier alpha value is -3.39. The van der Waals surface area contributed by atoms with E-state index in [1.807, 2.05) is 36.4 Å². The molecule has 0 aliphatic heterocycles. The van der Waals surface area contributed by atoms with Crippen LogP contribution in [0.2, 0.25) is 0 Å². The second kappa shape index (κ2) is 8.77. The summed E-state index contributed by atoms with van der Waals surface area (Å²) in [6.07, 6.45) is 1.86. The summed E-state index contributed by atoms with van der Waals surface area (Å²) in [6.45, 7) is 0.317. The Morgan fingerprint density at radius 3 is 2.39 bits per heavy atom. The van der Waals surface area contributed by atoms with Crippen LogP contribution in [-0.2, 0) is 16.7 Å². The third-order valence-corrected chi connectivity index (χ3v) is 6.09. The normalized spacial score (nSPS) is 13.5. The van der Waals surface area contributed by atoms with Crippen LogP contribution < -0.4 is 9.50 Å². The Labute approximate surface area is 180 Å². The summed E-state index contributed by atoms with van der Waals surface area (Å²) in [5, 5.41) is 2.89. The standard InChI is InChI=1S/C23H21FN2O4S/c24-18-9-13-22(14-10-18)31(28,29)30-21-8-4-5-17(15-21)16-26(20-11-12-20)23(27)25-19-6-2-1-3-7-19/h1-10,13-15,20H,11-12,16H2,(H,25,27). The fourth-order valence-corrected chi connectivity index (χ4v) is 4.06. The van der Waals surface area contributed by atoms with Gasteiger partial charge in [-0.05, 0) is 66.9 Å². The highest BCUT2D eigenvalue weighted by Gasteiger charge is 2.32. The number of urea groups is 1. The lowest BCUT2D eigenvalue weighted by molar-refractivity contribution is 0.206. The van der Waals surface area contributed by atoms with Crippen molar-refractivity contribution in [3.63, 3.8) is 0 Å². The second-order valence-corrected chi connectivity index (χ2v) is 8.84. The molecule has 8 heteroatoms. The zero-order valence-electron chi connectivity index (χ0n) is 16.6. The molecule has 1 fully saturated rings. The van der Waals surface area contributed by atoms with E-state index in [1.165, 1.54) is 6.07 Å². The van der Waals surface area contributed by atoms with Crippen molar-refractivity contribution in [2.75, 3.05) is 5.32 Å². The summed E-state index contributed by atoms with van der Waals surface area (Å²) in [5.41, 5.74) is 1.45. The third-order valence-electron chi connectivity index (χ3n) is 4.83. The first-order valence-electron chi connectivity index (χ1n) is 9.82. The monoisotopic (exact) mass is 440 g/mol. The molecular weight excluding hydrogens is 419 g/mol. The minimum absolute atomic E-state index is 0.126. The van der Waals surface area contributed by atoms with Crippen molar-refractivity contribution in [1.82, 2.24) is 4.90 Å². The van der Waals surface area contributed by atoms with Gasteiger partial charge in [-0.15, -0.1) is 0 Å². The molecule has 6 nitrogen and oxygen atoms in total. The number of anilines is 1. The first-order chi connectivity index (χ1) is 14.9. The SMILES string of the molecule is O=C(Nc1ccccc1)N(Cc1cccc(OS(=O)(=O)c2ccc(F)cc2)c1)C1CC1. The Morgan fingerprint density at radius 1 is 1.00 bits per heavy atom. The maximum atomic E-state index is 13.1. The topological polar surface area (TPSA) is 75.7 Å². The number of amides is 2. The molecule has 3 aromatic carbocycles. The Balaban J connectivity index is 1.48. The lowest BCUT2D eigenvalue weighted by atomic mass is 10.2. The Kier molecular flexibility index (Phi) is 5.90. The number of carbonyl (C=O) groups is 1. The highest BCUT2D eigenvalue weighted by atomic mass is 32.2. The van der Waals surface area contributed by atoms with Gasteiger partial charge in [0.2, 0.25) is 0 Å². The number of carbonyl (C=O) groups excluding carboxylic acids is 1. The van der Waals surface area contributed by atoms with E-state index in [-0.39, 0.29) is 22.7 Å². The number of benzene rings is 3. The van der Waals surface area contributed by atoms with Crippen LogP contribution in [0.5, 0.6) is 5.75 Å². The van der Waals surface area contributed by atoms with Gasteiger partial charge >= 0.3 is 16.1 Å². The van der Waals surface area contributed by atoms with Crippen molar-refractivity contribution >= 4 is 21.8 Å². The molecule has 3 aromatic rings. The summed E-state index contributed by atoms with van der Waals surface area (Å²) >= 11 is 0. The molecule has 1 aliphatic carbocycles. The second-order valence-electron chi connectivity index (χ2n) is 7.29. The molecule has 0 spiro atoms. The van der Waals surface area contributed by atoms with Crippen LogP contribution in [0.15, 0.2) is 83.8 Å². The summed E-state index contributed by atoms with van der Waals surface area (Å²) in [5.74, 6) is -0.407. The maximum Gasteiger partial charge on any atom is 0.339 e. The molecule has 31 heavy (non-hydrogen) atoms. The van der Waals surface area contributed by atoms with E-state index in [9.17, 15) is 17.6 Å². The van der Waals surface area contributed by atoms with E-state index in [0.717, 1.165) is 42.7 Å². The first-order valence-corrected chi connectivity index (χ1v) is 11.2. The van der Waals surface area contributed by atoms with Crippen LogP contribution in [0.1, 0.15) is 18.4 Å². The lowest BCUT2D eigenvalue weighted by Crippen LogP contribution is -2.36. The number of hydrogen-bond acceptors (Lipinski definition) is 4. The number of para-hydroxylation sites is 1. The van der Waals surface area contributed by atoms with Gasteiger partial charge in [-0.1, -0.05) is 30.3 Å². The molecule has 0 atom stereocenters. The van der Waals surface area contributed by atoms with Crippen LogP contribution in [0.3, 0.4) is 0 Å². The molecule has 4 rings (SSSR count). The van der Waals surface area contributed by atoms with Gasteiger partial charge < -0.3 is 14.4 Å². The van der Waals surface area contributed by atoms with Crippen molar-refractivity contribution in [1.29, 1.82) is 0 Å². The zero-order valence-corrected chi connectivity index (χ0v) is 17.4. The molecular formula is C23H21FN2O4S. The predicted molar refractivity (Wildman–Crippen MR) is 115 cm³/mol. The summed E-state index contributed by atoms with van der Waals surface area (Å²) in [6, 6.07) is 20.2. The van der Waals surface area contributed by atoms with Crippen LogP contribution in [0.4, 0.5) is 14.9 Å². The molecule has 1 aliphatic rings. The van der Waals surface area contributed by atoms with Gasteiger partial charge in [0, 0.05) is 18.3 Å². The van der Waals surface area contributed by atoms with Gasteiger partial charge in [0.1, 0.15) is 16.5 Å². The van der Waals surface area contributed by atoms with Crippen molar-refractivity contribution in [3.8, 4) is 5.75 Å². The van der Waals surface area contributed by atoms with Crippen LogP contribution in [0, 0.1) is 5.82 Å². The fourth-order valence-electron chi connectivity index (χ4n) is 3.14. The molecule has 0 aromatic heterocycles. The third kappa shape index (κ3) is 5.40. The van der Waals surface area contributed by atoms with Gasteiger partial charge in [-0.3, -0.25) is 0 Å². The maximum absolute atomic E-state index is 13.1. The minimum atomic E-state index is -4.10. The number of rotatable bonds is 7. The van der Waals surface area contributed by atoms with Crippen LogP contribution >= 0.6 is 0 Å². The molecule has 0 saturated heterocycles. The van der Waals surface area contributed by atoms with Gasteiger partial charge in [-0.2, -0.15) is 8.42 Å². The zero-order chi connectivity index (χ0) is 21.8. The highest BCUT2D eigenvalue weighted by Crippen LogP contribution is 2.30. The average molecular weight is 440 g/mol. The summed E-state index contributed by atoms with van der Waals surface area (Å²) in [7, 11) is -4.10. The number of nitrogens with zero attached hydrogens (tertiary/aromatic N) is 1. The van der Waals surface area contributed by atoms with Gasteiger partial charge in [0.05, 0.1) is 0 Å². The molecule has 0 bridgehead atoms. The van der Waals surface area contributed by atoms with Crippen molar-refractivity contribution in [3.05, 3.63) is 90.2 Å². The fraction of sp³-hybridized carbons (Fsp3) is 0.174. The molecule has 0 radical (unpaired) electrons. The van der Waals surface area contributed by atoms with Crippen molar-refractivity contribution < 1.29 is 21.8 Å². The smallest absolute Gasteiger partial charge is 0.339 e. The molecule has 1 saturated carbocycles. The number of nitrogens with one attached hydrogen (secondary N) is 1. The summed E-state index contributed by atoms with van der Waals surface area (Å²) in [4.78, 5) is 14.4. The van der Waals surface area contributed by atoms with E-state index in [1.54, 1.807) is 17.0 Å². The van der Waals surface area contributed by atoms with E-state index < -0.39 is 15.9 Å².